The molecular weight excluding hydrogens is 378 g/mol. The lowest BCUT2D eigenvalue weighted by Crippen LogP contribution is -2.51. The molecule has 1 aromatic heterocycles. The first-order valence-corrected chi connectivity index (χ1v) is 9.46. The number of hydrogen-bond acceptors (Lipinski definition) is 7. The van der Waals surface area contributed by atoms with Crippen molar-refractivity contribution >= 4 is 34.6 Å². The second-order valence-electron chi connectivity index (χ2n) is 6.50. The van der Waals surface area contributed by atoms with E-state index in [1.165, 1.54) is 7.11 Å². The smallest absolute Gasteiger partial charge is 0.205 e. The van der Waals surface area contributed by atoms with Crippen LogP contribution in [0.1, 0.15) is 24.6 Å². The Hall–Kier alpha value is -2.77. The van der Waals surface area contributed by atoms with Gasteiger partial charge in [0.2, 0.25) is 5.78 Å². The van der Waals surface area contributed by atoms with Crippen LogP contribution in [0.25, 0.3) is 0 Å². The molecule has 2 unspecified atom stereocenters. The van der Waals surface area contributed by atoms with Crippen molar-refractivity contribution < 1.29 is 9.53 Å². The third kappa shape index (κ3) is 3.16. The Morgan fingerprint density at radius 3 is 2.82 bits per heavy atom. The molecule has 0 fully saturated rings. The van der Waals surface area contributed by atoms with E-state index in [1.807, 2.05) is 48.2 Å². The normalized spacial score (nSPS) is 19.0. The van der Waals surface area contributed by atoms with Crippen LogP contribution >= 0.6 is 11.6 Å². The second kappa shape index (κ2) is 7.69. The molecule has 0 radical (unpaired) electrons. The van der Waals surface area contributed by atoms with Crippen LogP contribution < -0.4 is 10.3 Å². The molecule has 0 saturated heterocycles. The van der Waals surface area contributed by atoms with Gasteiger partial charge in [0.1, 0.15) is 17.0 Å². The van der Waals surface area contributed by atoms with Crippen molar-refractivity contribution in [2.45, 2.75) is 25.6 Å². The molecule has 0 aliphatic carbocycles. The number of pyridine rings is 1. The van der Waals surface area contributed by atoms with Gasteiger partial charge in [-0.25, -0.2) is 4.98 Å². The molecule has 7 nitrogen and oxygen atoms in total. The summed E-state index contributed by atoms with van der Waals surface area (Å²) >= 11 is 6.20. The first-order valence-electron chi connectivity index (χ1n) is 9.08. The highest BCUT2D eigenvalue weighted by atomic mass is 35.5. The zero-order valence-corrected chi connectivity index (χ0v) is 16.3. The van der Waals surface area contributed by atoms with Gasteiger partial charge in [0.25, 0.3) is 0 Å². The average molecular weight is 398 g/mol. The number of hydrogen-bond donors (Lipinski definition) is 1. The molecule has 2 aromatic rings. The Morgan fingerprint density at radius 1 is 1.32 bits per heavy atom. The van der Waals surface area contributed by atoms with Crippen molar-refractivity contribution in [3.63, 3.8) is 0 Å². The lowest BCUT2D eigenvalue weighted by atomic mass is 10.0. The van der Waals surface area contributed by atoms with Gasteiger partial charge < -0.3 is 4.74 Å². The maximum atomic E-state index is 13.0. The number of aromatic nitrogens is 1. The van der Waals surface area contributed by atoms with Crippen molar-refractivity contribution in [1.82, 2.24) is 10.4 Å². The Bertz CT molecular complexity index is 956. The molecule has 0 saturated carbocycles. The summed E-state index contributed by atoms with van der Waals surface area (Å²) in [5.41, 5.74) is 5.95. The molecule has 2 aliphatic heterocycles. The third-order valence-electron chi connectivity index (χ3n) is 4.84. The Morgan fingerprint density at radius 2 is 2.11 bits per heavy atom. The minimum Gasteiger partial charge on any atom is -0.374 e. The Balaban J connectivity index is 1.82. The maximum absolute atomic E-state index is 13.0. The number of rotatable bonds is 5. The number of Topliss-reactive ketones (excluding diaryl/α,β-unsaturated/α-hetero) is 1. The number of methoxy groups -OCH3 is 1. The van der Waals surface area contributed by atoms with Crippen LogP contribution in [0.15, 0.2) is 52.6 Å². The van der Waals surface area contributed by atoms with E-state index in [2.05, 4.69) is 15.5 Å². The molecule has 3 heterocycles. The largest absolute Gasteiger partial charge is 0.374 e. The molecule has 2 atom stereocenters. The van der Waals surface area contributed by atoms with Crippen LogP contribution in [0.4, 0.5) is 5.69 Å². The van der Waals surface area contributed by atoms with Gasteiger partial charge >= 0.3 is 0 Å². The van der Waals surface area contributed by atoms with Gasteiger partial charge in [0, 0.05) is 12.7 Å². The molecule has 2 aliphatic rings. The highest BCUT2D eigenvalue weighted by Gasteiger charge is 2.40. The van der Waals surface area contributed by atoms with E-state index in [0.717, 1.165) is 17.0 Å². The number of hydrazone groups is 1. The van der Waals surface area contributed by atoms with E-state index in [4.69, 9.17) is 21.3 Å². The average Bonchev–Trinajstić information content (AvgIpc) is 3.07. The van der Waals surface area contributed by atoms with Crippen LogP contribution in [0, 0.1) is 0 Å². The van der Waals surface area contributed by atoms with E-state index in [-0.39, 0.29) is 5.78 Å². The van der Waals surface area contributed by atoms with Crippen LogP contribution in [0.2, 0.25) is 5.15 Å². The van der Waals surface area contributed by atoms with E-state index in [0.29, 0.717) is 29.6 Å². The van der Waals surface area contributed by atoms with Crippen molar-refractivity contribution in [3.8, 4) is 0 Å². The highest BCUT2D eigenvalue weighted by molar-refractivity contribution is 6.30. The minimum absolute atomic E-state index is 0.0900. The maximum Gasteiger partial charge on any atom is 0.205 e. The molecular formula is C20H20ClN5O2. The van der Waals surface area contributed by atoms with Gasteiger partial charge in [0.05, 0.1) is 17.9 Å². The van der Waals surface area contributed by atoms with Gasteiger partial charge in [0.15, 0.2) is 12.0 Å². The highest BCUT2D eigenvalue weighted by Crippen LogP contribution is 2.30. The summed E-state index contributed by atoms with van der Waals surface area (Å²) in [4.78, 5) is 24.1. The number of amidine groups is 1. The molecule has 0 spiro atoms. The number of anilines is 1. The number of carbonyl (C=O) groups is 1. The molecule has 8 heteroatoms. The van der Waals surface area contributed by atoms with Crippen LogP contribution in [-0.2, 0) is 9.53 Å². The monoisotopic (exact) mass is 397 g/mol. The lowest BCUT2D eigenvalue weighted by Gasteiger charge is -2.28. The number of ketones is 1. The minimum atomic E-state index is -0.674. The zero-order chi connectivity index (χ0) is 19.7. The first-order chi connectivity index (χ1) is 13.6. The zero-order valence-electron chi connectivity index (χ0n) is 15.6. The van der Waals surface area contributed by atoms with Crippen molar-refractivity contribution in [2.75, 3.05) is 18.6 Å². The summed E-state index contributed by atoms with van der Waals surface area (Å²) in [6, 6.07) is 13.4. The fourth-order valence-corrected chi connectivity index (χ4v) is 3.63. The first kappa shape index (κ1) is 18.6. The van der Waals surface area contributed by atoms with Crippen LogP contribution in [-0.4, -0.2) is 48.2 Å². The number of nitrogens with zero attached hydrogens (tertiary/aromatic N) is 4. The van der Waals surface area contributed by atoms with Gasteiger partial charge in [-0.1, -0.05) is 48.9 Å². The Kier molecular flexibility index (Phi) is 5.11. The SMILES string of the molecule is CCC(OC)C(=O)C1NN=C2CN=C(c3ccccc3)c3nc(Cl)ccc3N21. The number of aliphatic imine (C=N–C) groups is 1. The molecule has 1 aromatic carbocycles. The third-order valence-corrected chi connectivity index (χ3v) is 5.05. The molecule has 1 N–H and O–H groups in total. The molecule has 0 amide bonds. The molecule has 0 bridgehead atoms. The number of halogens is 1. The predicted molar refractivity (Wildman–Crippen MR) is 109 cm³/mol. The number of carbonyl (C=O) groups excluding carboxylic acids is 1. The van der Waals surface area contributed by atoms with E-state index in [1.54, 1.807) is 6.07 Å². The molecule has 4 rings (SSSR count). The predicted octanol–water partition coefficient (Wildman–Crippen LogP) is 2.63. The van der Waals surface area contributed by atoms with E-state index < -0.39 is 12.3 Å². The number of benzene rings is 1. The quantitative estimate of drug-likeness (QED) is 0.784. The number of fused-ring (bicyclic) bond motifs is 3. The fourth-order valence-electron chi connectivity index (χ4n) is 3.48. The van der Waals surface area contributed by atoms with Crippen LogP contribution in [0.3, 0.4) is 0 Å². The topological polar surface area (TPSA) is 79.2 Å². The van der Waals surface area contributed by atoms with E-state index in [9.17, 15) is 4.79 Å². The number of nitrogens with one attached hydrogen (secondary N) is 1. The summed E-state index contributed by atoms with van der Waals surface area (Å²) in [7, 11) is 1.54. The van der Waals surface area contributed by atoms with Crippen molar-refractivity contribution in [2.24, 2.45) is 10.1 Å². The van der Waals surface area contributed by atoms with Gasteiger partial charge in [-0.05, 0) is 18.6 Å². The molecule has 28 heavy (non-hydrogen) atoms. The van der Waals surface area contributed by atoms with E-state index >= 15 is 0 Å². The lowest BCUT2D eigenvalue weighted by molar-refractivity contribution is -0.130. The summed E-state index contributed by atoms with van der Waals surface area (Å²) in [5, 5.41) is 4.73. The summed E-state index contributed by atoms with van der Waals surface area (Å²) in [6.07, 6.45) is -0.616. The van der Waals surface area contributed by atoms with Gasteiger partial charge in [-0.15, -0.1) is 0 Å². The standard InChI is InChI=1S/C20H20ClN5O2/c1-3-14(28-2)19(27)20-25-24-16-11-22-17(12-7-5-4-6-8-12)18-13(26(16)20)9-10-15(21)23-18/h4-10,14,20,25H,3,11H2,1-2H3. The summed E-state index contributed by atoms with van der Waals surface area (Å²) < 4.78 is 5.35. The van der Waals surface area contributed by atoms with Gasteiger partial charge in [-0.2, -0.15) is 5.10 Å². The van der Waals surface area contributed by atoms with Crippen LogP contribution in [0.5, 0.6) is 0 Å². The Labute approximate surface area is 168 Å². The summed E-state index contributed by atoms with van der Waals surface area (Å²) in [5.74, 6) is 0.563. The second-order valence-corrected chi connectivity index (χ2v) is 6.88. The summed E-state index contributed by atoms with van der Waals surface area (Å²) in [6.45, 7) is 2.23. The van der Waals surface area contributed by atoms with Crippen molar-refractivity contribution in [1.29, 1.82) is 0 Å². The van der Waals surface area contributed by atoms with Crippen molar-refractivity contribution in [3.05, 3.63) is 58.9 Å². The number of ether oxygens (including phenoxy) is 1. The van der Waals surface area contributed by atoms with Gasteiger partial charge in [-0.3, -0.25) is 20.1 Å². The fraction of sp³-hybridized carbons (Fsp3) is 0.300. The molecule has 144 valence electrons.